The minimum atomic E-state index is -0.325. The summed E-state index contributed by atoms with van der Waals surface area (Å²) in [5.41, 5.74) is 1.62. The van der Waals surface area contributed by atoms with Gasteiger partial charge in [-0.15, -0.1) is 0 Å². The summed E-state index contributed by atoms with van der Waals surface area (Å²) in [6.45, 7) is 3.38. The second-order valence-electron chi connectivity index (χ2n) is 4.20. The van der Waals surface area contributed by atoms with Gasteiger partial charge in [-0.2, -0.15) is 5.10 Å². The number of hydrogen-bond donors (Lipinski definition) is 2. The van der Waals surface area contributed by atoms with Gasteiger partial charge in [0.1, 0.15) is 3.70 Å². The molecule has 2 rings (SSSR count). The summed E-state index contributed by atoms with van der Waals surface area (Å²) in [6.07, 6.45) is 2.76. The number of nitrogens with zero attached hydrogens (tertiary/aromatic N) is 2. The third-order valence-corrected chi connectivity index (χ3v) is 3.97. The monoisotopic (exact) mass is 396 g/mol. The number of anilines is 2. The average molecular weight is 396 g/mol. The summed E-state index contributed by atoms with van der Waals surface area (Å²) >= 11 is 2.10. The van der Waals surface area contributed by atoms with Crippen molar-refractivity contribution in [3.63, 3.8) is 0 Å². The van der Waals surface area contributed by atoms with Gasteiger partial charge in [0.05, 0.1) is 11.9 Å². The molecule has 2 aromatic rings. The van der Waals surface area contributed by atoms with Crippen molar-refractivity contribution in [2.75, 3.05) is 10.6 Å². The van der Waals surface area contributed by atoms with Gasteiger partial charge in [0.15, 0.2) is 0 Å². The van der Waals surface area contributed by atoms with E-state index in [1.165, 1.54) is 6.08 Å². The molecule has 0 atom stereocenters. The minimum absolute atomic E-state index is 0.268. The average Bonchev–Trinajstić information content (AvgIpc) is 2.79. The van der Waals surface area contributed by atoms with Crippen molar-refractivity contribution in [1.82, 2.24) is 9.78 Å². The maximum Gasteiger partial charge on any atom is 0.255 e. The predicted octanol–water partition coefficient (Wildman–Crippen LogP) is 2.40. The lowest BCUT2D eigenvalue weighted by Crippen LogP contribution is -2.13. The second kappa shape index (κ2) is 6.53. The van der Waals surface area contributed by atoms with Gasteiger partial charge in [-0.3, -0.25) is 14.3 Å². The molecule has 0 aliphatic heterocycles. The van der Waals surface area contributed by atoms with Crippen LogP contribution in [-0.2, 0) is 11.8 Å². The number of carbonyl (C=O) groups is 2. The fourth-order valence-electron chi connectivity index (χ4n) is 1.63. The van der Waals surface area contributed by atoms with Crippen molar-refractivity contribution in [3.05, 3.63) is 52.4 Å². The lowest BCUT2D eigenvalue weighted by atomic mass is 10.2. The van der Waals surface area contributed by atoms with Gasteiger partial charge >= 0.3 is 0 Å². The van der Waals surface area contributed by atoms with Crippen molar-refractivity contribution >= 4 is 45.8 Å². The Hall–Kier alpha value is -2.16. The zero-order valence-corrected chi connectivity index (χ0v) is 13.4. The fraction of sp³-hybridized carbons (Fsp3) is 0.0714. The van der Waals surface area contributed by atoms with Gasteiger partial charge in [-0.05, 0) is 46.9 Å². The van der Waals surface area contributed by atoms with E-state index in [1.54, 1.807) is 42.2 Å². The van der Waals surface area contributed by atoms with Crippen LogP contribution in [0.1, 0.15) is 10.4 Å². The van der Waals surface area contributed by atoms with Crippen LogP contribution in [0.5, 0.6) is 0 Å². The Morgan fingerprint density at radius 2 is 2.14 bits per heavy atom. The SMILES string of the molecule is C=CC(=O)Nc1cccc(C(=O)Nc2cnn(C)c2I)c1. The molecule has 2 amide bonds. The molecule has 0 aliphatic carbocycles. The highest BCUT2D eigenvalue weighted by Gasteiger charge is 2.11. The van der Waals surface area contributed by atoms with Gasteiger partial charge in [-0.25, -0.2) is 0 Å². The number of aromatic nitrogens is 2. The zero-order valence-electron chi connectivity index (χ0n) is 11.3. The number of rotatable bonds is 4. The largest absolute Gasteiger partial charge is 0.323 e. The van der Waals surface area contributed by atoms with Crippen molar-refractivity contribution < 1.29 is 9.59 Å². The third-order valence-electron chi connectivity index (χ3n) is 2.69. The molecule has 0 radical (unpaired) electrons. The molecular weight excluding hydrogens is 383 g/mol. The lowest BCUT2D eigenvalue weighted by molar-refractivity contribution is -0.111. The van der Waals surface area contributed by atoms with Crippen LogP contribution in [-0.4, -0.2) is 21.6 Å². The number of amides is 2. The van der Waals surface area contributed by atoms with E-state index >= 15 is 0 Å². The van der Waals surface area contributed by atoms with Crippen LogP contribution in [0.15, 0.2) is 43.1 Å². The van der Waals surface area contributed by atoms with Crippen LogP contribution in [0.25, 0.3) is 0 Å². The van der Waals surface area contributed by atoms with E-state index in [0.29, 0.717) is 16.9 Å². The molecule has 1 aromatic heterocycles. The van der Waals surface area contributed by atoms with Crippen LogP contribution in [0.4, 0.5) is 11.4 Å². The molecule has 0 saturated heterocycles. The molecule has 108 valence electrons. The Kier molecular flexibility index (Phi) is 4.73. The highest BCUT2D eigenvalue weighted by molar-refractivity contribution is 14.1. The molecule has 1 aromatic carbocycles. The van der Waals surface area contributed by atoms with Crippen molar-refractivity contribution in [3.8, 4) is 0 Å². The van der Waals surface area contributed by atoms with E-state index in [1.807, 2.05) is 0 Å². The smallest absolute Gasteiger partial charge is 0.255 e. The molecular formula is C14H13IN4O2. The second-order valence-corrected chi connectivity index (χ2v) is 5.22. The normalized spacial score (nSPS) is 10.0. The maximum atomic E-state index is 12.2. The van der Waals surface area contributed by atoms with E-state index in [4.69, 9.17) is 0 Å². The van der Waals surface area contributed by atoms with E-state index in [9.17, 15) is 9.59 Å². The number of carbonyl (C=O) groups excluding carboxylic acids is 2. The summed E-state index contributed by atoms with van der Waals surface area (Å²) < 4.78 is 2.49. The first-order valence-corrected chi connectivity index (χ1v) is 7.11. The van der Waals surface area contributed by atoms with Crippen LogP contribution in [0.2, 0.25) is 0 Å². The Morgan fingerprint density at radius 1 is 1.38 bits per heavy atom. The first-order valence-electron chi connectivity index (χ1n) is 6.03. The molecule has 0 spiro atoms. The summed E-state index contributed by atoms with van der Waals surface area (Å²) in [4.78, 5) is 23.5. The Bertz CT molecular complexity index is 709. The van der Waals surface area contributed by atoms with Gasteiger partial charge in [0.2, 0.25) is 5.91 Å². The zero-order chi connectivity index (χ0) is 15.4. The van der Waals surface area contributed by atoms with Crippen molar-refractivity contribution in [1.29, 1.82) is 0 Å². The Morgan fingerprint density at radius 3 is 2.76 bits per heavy atom. The van der Waals surface area contributed by atoms with Crippen LogP contribution < -0.4 is 10.6 Å². The van der Waals surface area contributed by atoms with E-state index in [0.717, 1.165) is 3.70 Å². The molecule has 0 saturated carbocycles. The molecule has 7 heteroatoms. The van der Waals surface area contributed by atoms with Gasteiger partial charge < -0.3 is 10.6 Å². The number of benzene rings is 1. The van der Waals surface area contributed by atoms with Crippen molar-refractivity contribution in [2.45, 2.75) is 0 Å². The molecule has 1 heterocycles. The molecule has 2 N–H and O–H groups in total. The minimum Gasteiger partial charge on any atom is -0.323 e. The molecule has 0 bridgehead atoms. The topological polar surface area (TPSA) is 76.0 Å². The predicted molar refractivity (Wildman–Crippen MR) is 89.1 cm³/mol. The van der Waals surface area contributed by atoms with Crippen LogP contribution in [0, 0.1) is 3.70 Å². The van der Waals surface area contributed by atoms with Gasteiger partial charge in [-0.1, -0.05) is 12.6 Å². The summed E-state index contributed by atoms with van der Waals surface area (Å²) in [5.74, 6) is -0.593. The van der Waals surface area contributed by atoms with Crippen molar-refractivity contribution in [2.24, 2.45) is 7.05 Å². The lowest BCUT2D eigenvalue weighted by Gasteiger charge is -2.06. The standard InChI is InChI=1S/C14H13IN4O2/c1-3-12(20)17-10-6-4-5-9(7-10)14(21)18-11-8-16-19(2)13(11)15/h3-8H,1H2,2H3,(H,17,20)(H,18,21). The van der Waals surface area contributed by atoms with E-state index < -0.39 is 0 Å². The number of halogens is 1. The van der Waals surface area contributed by atoms with Gasteiger partial charge in [0, 0.05) is 18.3 Å². The highest BCUT2D eigenvalue weighted by Crippen LogP contribution is 2.18. The summed E-state index contributed by atoms with van der Waals surface area (Å²) in [5, 5.41) is 9.45. The van der Waals surface area contributed by atoms with E-state index in [2.05, 4.69) is 44.9 Å². The molecule has 0 unspecified atom stereocenters. The first-order chi connectivity index (χ1) is 10.0. The molecule has 0 aliphatic rings. The summed E-state index contributed by atoms with van der Waals surface area (Å²) in [7, 11) is 1.79. The number of nitrogens with one attached hydrogen (secondary N) is 2. The quantitative estimate of drug-likeness (QED) is 0.616. The summed E-state index contributed by atoms with van der Waals surface area (Å²) in [6, 6.07) is 6.66. The highest BCUT2D eigenvalue weighted by atomic mass is 127. The van der Waals surface area contributed by atoms with Gasteiger partial charge in [0.25, 0.3) is 5.91 Å². The molecule has 21 heavy (non-hydrogen) atoms. The Labute approximate surface area is 135 Å². The maximum absolute atomic E-state index is 12.2. The number of aryl methyl sites for hydroxylation is 1. The third kappa shape index (κ3) is 3.69. The first kappa shape index (κ1) is 15.2. The number of hydrogen-bond acceptors (Lipinski definition) is 3. The molecule has 0 fully saturated rings. The fourth-order valence-corrected chi connectivity index (χ4v) is 2.03. The van der Waals surface area contributed by atoms with E-state index in [-0.39, 0.29) is 11.8 Å². The van der Waals surface area contributed by atoms with Crippen LogP contribution >= 0.6 is 22.6 Å². The Balaban J connectivity index is 2.16. The molecule has 6 nitrogen and oxygen atoms in total. The van der Waals surface area contributed by atoms with Crippen LogP contribution in [0.3, 0.4) is 0 Å².